The number of rotatable bonds is 6. The van der Waals surface area contributed by atoms with Gasteiger partial charge in [0, 0.05) is 42.8 Å². The SMILES string of the molecule is CCN(C[C@@H]1CCOC1)C(=O)c1cccc(NC(=O)[C@H]2C[C@@H]2C)c1. The van der Waals surface area contributed by atoms with Crippen molar-refractivity contribution in [2.45, 2.75) is 26.7 Å². The maximum Gasteiger partial charge on any atom is 0.253 e. The molecule has 1 aliphatic heterocycles. The van der Waals surface area contributed by atoms with Crippen molar-refractivity contribution in [2.75, 3.05) is 31.6 Å². The third kappa shape index (κ3) is 3.96. The number of carbonyl (C=O) groups excluding carboxylic acids is 2. The molecular formula is C19H26N2O3. The molecule has 1 N–H and O–H groups in total. The Kier molecular flexibility index (Phi) is 5.19. The van der Waals surface area contributed by atoms with E-state index >= 15 is 0 Å². The minimum Gasteiger partial charge on any atom is -0.381 e. The summed E-state index contributed by atoms with van der Waals surface area (Å²) < 4.78 is 5.40. The summed E-state index contributed by atoms with van der Waals surface area (Å²) in [5, 5.41) is 2.93. The quantitative estimate of drug-likeness (QED) is 0.872. The number of carbonyl (C=O) groups is 2. The Balaban J connectivity index is 1.64. The summed E-state index contributed by atoms with van der Waals surface area (Å²) in [5.74, 6) is 1.09. The predicted molar refractivity (Wildman–Crippen MR) is 92.8 cm³/mol. The highest BCUT2D eigenvalue weighted by molar-refractivity contribution is 5.98. The topological polar surface area (TPSA) is 58.6 Å². The molecule has 0 radical (unpaired) electrons. The molecule has 2 fully saturated rings. The van der Waals surface area contributed by atoms with Crippen molar-refractivity contribution in [2.24, 2.45) is 17.8 Å². The molecule has 3 atom stereocenters. The molecule has 0 spiro atoms. The molecule has 2 aliphatic rings. The van der Waals surface area contributed by atoms with Gasteiger partial charge in [-0.3, -0.25) is 9.59 Å². The van der Waals surface area contributed by atoms with E-state index in [-0.39, 0.29) is 17.7 Å². The first-order valence-electron chi connectivity index (χ1n) is 8.86. The van der Waals surface area contributed by atoms with E-state index in [1.165, 1.54) is 0 Å². The third-order valence-corrected chi connectivity index (χ3v) is 4.99. The molecule has 2 amide bonds. The summed E-state index contributed by atoms with van der Waals surface area (Å²) in [7, 11) is 0. The van der Waals surface area contributed by atoms with Crippen LogP contribution in [0.15, 0.2) is 24.3 Å². The molecule has 0 aromatic heterocycles. The fourth-order valence-corrected chi connectivity index (χ4v) is 3.23. The van der Waals surface area contributed by atoms with Crippen LogP contribution < -0.4 is 5.32 Å². The van der Waals surface area contributed by atoms with Crippen molar-refractivity contribution in [1.29, 1.82) is 0 Å². The first-order chi connectivity index (χ1) is 11.6. The summed E-state index contributed by atoms with van der Waals surface area (Å²) in [6, 6.07) is 7.25. The summed E-state index contributed by atoms with van der Waals surface area (Å²) in [4.78, 5) is 26.7. The van der Waals surface area contributed by atoms with Gasteiger partial charge in [-0.1, -0.05) is 13.0 Å². The number of nitrogens with one attached hydrogen (secondary N) is 1. The number of ether oxygens (including phenoxy) is 1. The van der Waals surface area contributed by atoms with E-state index in [0.717, 1.165) is 32.6 Å². The molecule has 1 aliphatic carbocycles. The molecule has 0 unspecified atom stereocenters. The zero-order chi connectivity index (χ0) is 17.1. The van der Waals surface area contributed by atoms with Gasteiger partial charge in [-0.2, -0.15) is 0 Å². The lowest BCUT2D eigenvalue weighted by atomic mass is 10.1. The lowest BCUT2D eigenvalue weighted by molar-refractivity contribution is -0.117. The van der Waals surface area contributed by atoms with Gasteiger partial charge in [0.2, 0.25) is 5.91 Å². The van der Waals surface area contributed by atoms with Crippen molar-refractivity contribution < 1.29 is 14.3 Å². The Morgan fingerprint density at radius 2 is 2.17 bits per heavy atom. The van der Waals surface area contributed by atoms with Gasteiger partial charge >= 0.3 is 0 Å². The molecule has 1 saturated heterocycles. The van der Waals surface area contributed by atoms with Crippen molar-refractivity contribution in [3.05, 3.63) is 29.8 Å². The number of benzene rings is 1. The van der Waals surface area contributed by atoms with Crippen LogP contribution in [-0.4, -0.2) is 43.0 Å². The van der Waals surface area contributed by atoms with Crippen molar-refractivity contribution >= 4 is 17.5 Å². The second-order valence-corrected chi connectivity index (χ2v) is 6.96. The lowest BCUT2D eigenvalue weighted by Gasteiger charge is -2.24. The van der Waals surface area contributed by atoms with Gasteiger partial charge in [0.05, 0.1) is 6.61 Å². The van der Waals surface area contributed by atoms with Crippen LogP contribution in [-0.2, 0) is 9.53 Å². The fourth-order valence-electron chi connectivity index (χ4n) is 3.23. The van der Waals surface area contributed by atoms with Crippen LogP contribution in [0.3, 0.4) is 0 Å². The molecule has 1 heterocycles. The fraction of sp³-hybridized carbons (Fsp3) is 0.579. The summed E-state index contributed by atoms with van der Waals surface area (Å²) >= 11 is 0. The molecular weight excluding hydrogens is 304 g/mol. The molecule has 0 bridgehead atoms. The maximum absolute atomic E-state index is 12.8. The van der Waals surface area contributed by atoms with Crippen molar-refractivity contribution in [3.63, 3.8) is 0 Å². The zero-order valence-corrected chi connectivity index (χ0v) is 14.5. The van der Waals surface area contributed by atoms with Gasteiger partial charge in [0.1, 0.15) is 0 Å². The van der Waals surface area contributed by atoms with Gasteiger partial charge < -0.3 is 15.0 Å². The first-order valence-corrected chi connectivity index (χ1v) is 8.86. The molecule has 3 rings (SSSR count). The number of hydrogen-bond donors (Lipinski definition) is 1. The highest BCUT2D eigenvalue weighted by Crippen LogP contribution is 2.38. The first kappa shape index (κ1) is 17.0. The van der Waals surface area contributed by atoms with E-state index in [1.54, 1.807) is 6.07 Å². The standard InChI is InChI=1S/C19H26N2O3/c1-3-21(11-14-7-8-24-12-14)19(23)15-5-4-6-16(10-15)20-18(22)17-9-13(17)2/h4-6,10,13-14,17H,3,7-9,11-12H2,1-2H3,(H,20,22)/t13-,14-,17-/m0/s1. The normalized spacial score (nSPS) is 25.3. The van der Waals surface area contributed by atoms with E-state index in [0.29, 0.717) is 29.6 Å². The van der Waals surface area contributed by atoms with E-state index in [2.05, 4.69) is 12.2 Å². The van der Waals surface area contributed by atoms with Crippen LogP contribution in [0.4, 0.5) is 5.69 Å². The average Bonchev–Trinajstić information content (AvgIpc) is 3.09. The number of hydrogen-bond acceptors (Lipinski definition) is 3. The van der Waals surface area contributed by atoms with Gasteiger partial charge in [-0.15, -0.1) is 0 Å². The van der Waals surface area contributed by atoms with E-state index in [9.17, 15) is 9.59 Å². The molecule has 1 saturated carbocycles. The molecule has 130 valence electrons. The maximum atomic E-state index is 12.8. The van der Waals surface area contributed by atoms with Crippen molar-refractivity contribution in [1.82, 2.24) is 4.90 Å². The van der Waals surface area contributed by atoms with E-state index in [1.807, 2.05) is 30.0 Å². The summed E-state index contributed by atoms with van der Waals surface area (Å²) in [6.45, 7) is 7.00. The van der Waals surface area contributed by atoms with Crippen LogP contribution in [0.2, 0.25) is 0 Å². The Hall–Kier alpha value is -1.88. The molecule has 5 heteroatoms. The highest BCUT2D eigenvalue weighted by Gasteiger charge is 2.39. The lowest BCUT2D eigenvalue weighted by Crippen LogP contribution is -2.35. The van der Waals surface area contributed by atoms with Gasteiger partial charge in [0.25, 0.3) is 5.91 Å². The van der Waals surface area contributed by atoms with Crippen LogP contribution in [0.1, 0.15) is 37.0 Å². The monoisotopic (exact) mass is 330 g/mol. The zero-order valence-electron chi connectivity index (χ0n) is 14.5. The highest BCUT2D eigenvalue weighted by atomic mass is 16.5. The van der Waals surface area contributed by atoms with Crippen LogP contribution >= 0.6 is 0 Å². The van der Waals surface area contributed by atoms with Gasteiger partial charge in [0.15, 0.2) is 0 Å². The Labute approximate surface area is 143 Å². The third-order valence-electron chi connectivity index (χ3n) is 4.99. The minimum absolute atomic E-state index is 0.0142. The van der Waals surface area contributed by atoms with Crippen LogP contribution in [0.5, 0.6) is 0 Å². The Bertz CT molecular complexity index is 610. The summed E-state index contributed by atoms with van der Waals surface area (Å²) in [5.41, 5.74) is 1.32. The Morgan fingerprint density at radius 3 is 2.79 bits per heavy atom. The number of anilines is 1. The number of amides is 2. The predicted octanol–water partition coefficient (Wildman–Crippen LogP) is 2.78. The molecule has 1 aromatic carbocycles. The largest absolute Gasteiger partial charge is 0.381 e. The molecule has 5 nitrogen and oxygen atoms in total. The summed E-state index contributed by atoms with van der Waals surface area (Å²) in [6.07, 6.45) is 1.97. The van der Waals surface area contributed by atoms with Crippen LogP contribution in [0.25, 0.3) is 0 Å². The average molecular weight is 330 g/mol. The van der Waals surface area contributed by atoms with E-state index in [4.69, 9.17) is 4.74 Å². The molecule has 1 aromatic rings. The molecule has 24 heavy (non-hydrogen) atoms. The van der Waals surface area contributed by atoms with Gasteiger partial charge in [-0.25, -0.2) is 0 Å². The minimum atomic E-state index is 0.0142. The van der Waals surface area contributed by atoms with Crippen LogP contribution in [0, 0.1) is 17.8 Å². The Morgan fingerprint density at radius 1 is 1.38 bits per heavy atom. The smallest absolute Gasteiger partial charge is 0.253 e. The van der Waals surface area contributed by atoms with E-state index < -0.39 is 0 Å². The second-order valence-electron chi connectivity index (χ2n) is 6.96. The van der Waals surface area contributed by atoms with Gasteiger partial charge in [-0.05, 0) is 43.9 Å². The van der Waals surface area contributed by atoms with Crippen molar-refractivity contribution in [3.8, 4) is 0 Å². The second kappa shape index (κ2) is 7.34. The number of nitrogens with zero attached hydrogens (tertiary/aromatic N) is 1.